The third kappa shape index (κ3) is 14.6. The topological polar surface area (TPSA) is 169 Å². The molecular weight excluding hydrogens is 500 g/mol. The third-order valence-corrected chi connectivity index (χ3v) is 5.64. The molecule has 2 aromatic rings. The van der Waals surface area contributed by atoms with Crippen molar-refractivity contribution in [3.63, 3.8) is 0 Å². The van der Waals surface area contributed by atoms with Gasteiger partial charge in [0.25, 0.3) is 5.91 Å². The summed E-state index contributed by atoms with van der Waals surface area (Å²) in [5, 5.41) is 21.5. The molecule has 0 aliphatic rings. The number of nitrogens with two attached hydrogens (primary N) is 1. The lowest BCUT2D eigenvalue weighted by atomic mass is 10.1. The minimum absolute atomic E-state index is 0.0868. The highest BCUT2D eigenvalue weighted by Gasteiger charge is 2.09. The number of amides is 1. The molecule has 0 fully saturated rings. The maximum atomic E-state index is 12.4. The van der Waals surface area contributed by atoms with E-state index in [0.29, 0.717) is 75.9 Å². The molecule has 0 saturated heterocycles. The summed E-state index contributed by atoms with van der Waals surface area (Å²) in [6, 6.07) is 7.06. The van der Waals surface area contributed by atoms with Crippen molar-refractivity contribution in [3.05, 3.63) is 29.8 Å². The second-order valence-corrected chi connectivity index (χ2v) is 8.98. The zero-order valence-corrected chi connectivity index (χ0v) is 23.2. The van der Waals surface area contributed by atoms with Gasteiger partial charge in [0.2, 0.25) is 17.8 Å². The van der Waals surface area contributed by atoms with Crippen molar-refractivity contribution in [1.82, 2.24) is 20.3 Å². The minimum Gasteiger partial charge on any atom is -0.396 e. The summed E-state index contributed by atoms with van der Waals surface area (Å²) >= 11 is 0. The fourth-order valence-corrected chi connectivity index (χ4v) is 3.55. The van der Waals surface area contributed by atoms with E-state index < -0.39 is 0 Å². The average molecular weight is 547 g/mol. The van der Waals surface area contributed by atoms with E-state index >= 15 is 0 Å². The van der Waals surface area contributed by atoms with Gasteiger partial charge in [-0.05, 0) is 37.1 Å². The fraction of sp³-hybridized carbons (Fsp3) is 0.630. The van der Waals surface area contributed by atoms with E-state index in [9.17, 15) is 4.79 Å². The van der Waals surface area contributed by atoms with Gasteiger partial charge in [0.05, 0.1) is 26.4 Å². The lowest BCUT2D eigenvalue weighted by molar-refractivity contribution is 0.0511. The largest absolute Gasteiger partial charge is 0.396 e. The number of rotatable bonds is 23. The highest BCUT2D eigenvalue weighted by molar-refractivity contribution is 5.94. The number of unbranched alkanes of at least 4 members (excludes halogenated alkanes) is 5. The molecule has 0 saturated carbocycles. The Morgan fingerprint density at radius 3 is 2.08 bits per heavy atom. The molecule has 2 rings (SSSR count). The molecule has 0 radical (unpaired) electrons. The standard InChI is InChI=1S/C27H46N8O4/c1-2-3-4-5-6-7-14-30-25-33-26(31-15-8-17-36)35-27(34-25)32-23-11-9-22(10-12-23)24(37)29-16-19-39-21-20-38-18-13-28/h9-12,36H,2-8,13-21,28H2,1H3,(H,29,37)(H3,30,31,32,33,34,35). The molecule has 0 bridgehead atoms. The van der Waals surface area contributed by atoms with Crippen LogP contribution in [0.5, 0.6) is 0 Å². The Balaban J connectivity index is 1.86. The number of carbonyl (C=O) groups is 1. The molecule has 0 aliphatic carbocycles. The number of ether oxygens (including phenoxy) is 2. The number of anilines is 4. The van der Waals surface area contributed by atoms with Crippen molar-refractivity contribution in [2.24, 2.45) is 5.73 Å². The van der Waals surface area contributed by atoms with E-state index in [0.717, 1.165) is 18.7 Å². The molecule has 12 heteroatoms. The van der Waals surface area contributed by atoms with Gasteiger partial charge >= 0.3 is 0 Å². The third-order valence-electron chi connectivity index (χ3n) is 5.64. The van der Waals surface area contributed by atoms with Crippen LogP contribution in [0.1, 0.15) is 62.2 Å². The Kier molecular flexibility index (Phi) is 17.2. The number of carbonyl (C=O) groups excluding carboxylic acids is 1. The summed E-state index contributed by atoms with van der Waals surface area (Å²) in [7, 11) is 0. The lowest BCUT2D eigenvalue weighted by Crippen LogP contribution is -2.27. The van der Waals surface area contributed by atoms with E-state index in [2.05, 4.69) is 43.1 Å². The van der Waals surface area contributed by atoms with Gasteiger partial charge in [-0.3, -0.25) is 4.79 Å². The number of benzene rings is 1. The molecule has 1 amide bonds. The predicted molar refractivity (Wildman–Crippen MR) is 155 cm³/mol. The van der Waals surface area contributed by atoms with Gasteiger partial charge in [0.1, 0.15) is 0 Å². The molecule has 0 atom stereocenters. The number of nitrogens with zero attached hydrogens (tertiary/aromatic N) is 3. The molecule has 218 valence electrons. The molecule has 39 heavy (non-hydrogen) atoms. The molecule has 7 N–H and O–H groups in total. The van der Waals surface area contributed by atoms with Gasteiger partial charge in [-0.2, -0.15) is 15.0 Å². The Bertz CT molecular complexity index is 917. The van der Waals surface area contributed by atoms with Crippen LogP contribution in [-0.2, 0) is 9.47 Å². The summed E-state index contributed by atoms with van der Waals surface area (Å²) in [6.45, 7) is 6.38. The molecule has 1 aromatic heterocycles. The van der Waals surface area contributed by atoms with Crippen molar-refractivity contribution < 1.29 is 19.4 Å². The van der Waals surface area contributed by atoms with E-state index in [-0.39, 0.29) is 12.5 Å². The normalized spacial score (nSPS) is 10.8. The maximum Gasteiger partial charge on any atom is 0.251 e. The van der Waals surface area contributed by atoms with Gasteiger partial charge in [0, 0.05) is 44.0 Å². The second kappa shape index (κ2) is 20.8. The maximum absolute atomic E-state index is 12.4. The van der Waals surface area contributed by atoms with Crippen LogP contribution in [0.15, 0.2) is 24.3 Å². The Morgan fingerprint density at radius 2 is 1.41 bits per heavy atom. The minimum atomic E-state index is -0.179. The van der Waals surface area contributed by atoms with Crippen molar-refractivity contribution in [2.45, 2.75) is 51.9 Å². The molecular formula is C27H46N8O4. The first-order valence-electron chi connectivity index (χ1n) is 14.0. The van der Waals surface area contributed by atoms with Crippen molar-refractivity contribution in [3.8, 4) is 0 Å². The molecule has 1 aromatic carbocycles. The van der Waals surface area contributed by atoms with Crippen molar-refractivity contribution in [1.29, 1.82) is 0 Å². The Morgan fingerprint density at radius 1 is 0.795 bits per heavy atom. The Labute approximate surface area is 231 Å². The summed E-state index contributed by atoms with van der Waals surface area (Å²) < 4.78 is 10.7. The van der Waals surface area contributed by atoms with Crippen LogP contribution in [0.25, 0.3) is 0 Å². The zero-order chi connectivity index (χ0) is 28.0. The summed E-state index contributed by atoms with van der Waals surface area (Å²) in [5.74, 6) is 1.11. The number of aromatic nitrogens is 3. The number of hydrogen-bond acceptors (Lipinski definition) is 11. The smallest absolute Gasteiger partial charge is 0.251 e. The van der Waals surface area contributed by atoms with Crippen molar-refractivity contribution >= 4 is 29.4 Å². The summed E-state index contributed by atoms with van der Waals surface area (Å²) in [6.07, 6.45) is 7.84. The van der Waals surface area contributed by atoms with Crippen molar-refractivity contribution in [2.75, 3.05) is 75.2 Å². The molecule has 12 nitrogen and oxygen atoms in total. The first-order chi connectivity index (χ1) is 19.2. The predicted octanol–water partition coefficient (Wildman–Crippen LogP) is 2.90. The van der Waals surface area contributed by atoms with Gasteiger partial charge < -0.3 is 41.6 Å². The van der Waals surface area contributed by atoms with Crippen LogP contribution >= 0.6 is 0 Å². The number of aliphatic hydroxyl groups excluding tert-OH is 1. The van der Waals surface area contributed by atoms with Crippen LogP contribution in [0, 0.1) is 0 Å². The SMILES string of the molecule is CCCCCCCCNc1nc(NCCCO)nc(Nc2ccc(C(=O)NCCOCCOCCN)cc2)n1. The second-order valence-electron chi connectivity index (χ2n) is 8.98. The highest BCUT2D eigenvalue weighted by Crippen LogP contribution is 2.17. The number of aliphatic hydroxyl groups is 1. The summed E-state index contributed by atoms with van der Waals surface area (Å²) in [4.78, 5) is 25.8. The van der Waals surface area contributed by atoms with Crippen LogP contribution in [0.2, 0.25) is 0 Å². The van der Waals surface area contributed by atoms with E-state index in [1.807, 2.05) is 0 Å². The van der Waals surface area contributed by atoms with Gasteiger partial charge in [0.15, 0.2) is 0 Å². The van der Waals surface area contributed by atoms with Gasteiger partial charge in [-0.1, -0.05) is 39.0 Å². The highest BCUT2D eigenvalue weighted by atomic mass is 16.5. The van der Waals surface area contributed by atoms with Crippen LogP contribution < -0.4 is 27.0 Å². The molecule has 0 aliphatic heterocycles. The average Bonchev–Trinajstić information content (AvgIpc) is 2.94. The van der Waals surface area contributed by atoms with E-state index in [1.165, 1.54) is 32.1 Å². The lowest BCUT2D eigenvalue weighted by Gasteiger charge is -2.12. The molecule has 0 unspecified atom stereocenters. The first-order valence-corrected chi connectivity index (χ1v) is 14.0. The molecule has 1 heterocycles. The zero-order valence-electron chi connectivity index (χ0n) is 23.2. The summed E-state index contributed by atoms with van der Waals surface area (Å²) in [5.41, 5.74) is 6.63. The van der Waals surface area contributed by atoms with Gasteiger partial charge in [-0.15, -0.1) is 0 Å². The van der Waals surface area contributed by atoms with Crippen LogP contribution in [-0.4, -0.2) is 85.2 Å². The van der Waals surface area contributed by atoms with E-state index in [4.69, 9.17) is 20.3 Å². The van der Waals surface area contributed by atoms with Crippen LogP contribution in [0.3, 0.4) is 0 Å². The number of hydrogen-bond donors (Lipinski definition) is 6. The van der Waals surface area contributed by atoms with Gasteiger partial charge in [-0.25, -0.2) is 0 Å². The first kappa shape index (κ1) is 32.2. The molecule has 0 spiro atoms. The number of nitrogens with one attached hydrogen (secondary N) is 4. The van der Waals surface area contributed by atoms with Crippen LogP contribution in [0.4, 0.5) is 23.5 Å². The monoisotopic (exact) mass is 546 g/mol. The van der Waals surface area contributed by atoms with E-state index in [1.54, 1.807) is 24.3 Å². The fourth-order valence-electron chi connectivity index (χ4n) is 3.55. The Hall–Kier alpha value is -3.06. The quantitative estimate of drug-likeness (QED) is 0.113.